The van der Waals surface area contributed by atoms with Gasteiger partial charge in [0.25, 0.3) is 0 Å². The van der Waals surface area contributed by atoms with Crippen molar-refractivity contribution in [1.82, 2.24) is 0 Å². The van der Waals surface area contributed by atoms with Crippen molar-refractivity contribution in [2.24, 2.45) is 0 Å². The van der Waals surface area contributed by atoms with E-state index >= 15 is 0 Å². The molecule has 1 heterocycles. The molecule has 0 saturated carbocycles. The maximum absolute atomic E-state index is 12.0. The fourth-order valence-electron chi connectivity index (χ4n) is 2.11. The molecule has 100 valence electrons. The van der Waals surface area contributed by atoms with Crippen molar-refractivity contribution in [3.8, 4) is 5.75 Å². The van der Waals surface area contributed by atoms with Crippen LogP contribution in [-0.2, 0) is 6.54 Å². The highest BCUT2D eigenvalue weighted by atomic mass is 16.5. The van der Waals surface area contributed by atoms with Crippen molar-refractivity contribution in [2.45, 2.75) is 6.54 Å². The van der Waals surface area contributed by atoms with Gasteiger partial charge in [-0.1, -0.05) is 30.3 Å². The highest BCUT2D eigenvalue weighted by molar-refractivity contribution is 5.76. The summed E-state index contributed by atoms with van der Waals surface area (Å²) in [4.78, 5) is 12.0. The number of benzene rings is 2. The summed E-state index contributed by atoms with van der Waals surface area (Å²) in [5.41, 5.74) is 1.60. The first kappa shape index (κ1) is 12.4. The van der Waals surface area contributed by atoms with Crippen molar-refractivity contribution < 1.29 is 13.7 Å². The molecule has 0 atom stereocenters. The summed E-state index contributed by atoms with van der Waals surface area (Å²) in [7, 11) is 1.61. The lowest BCUT2D eigenvalue weighted by Crippen LogP contribution is -2.49. The molecule has 0 fully saturated rings. The molecule has 0 saturated heterocycles. The first-order valence-electron chi connectivity index (χ1n) is 6.31. The largest absolute Gasteiger partial charge is 0.602 e. The minimum Gasteiger partial charge on any atom is -0.497 e. The van der Waals surface area contributed by atoms with Crippen LogP contribution in [0.2, 0.25) is 0 Å². The van der Waals surface area contributed by atoms with Crippen molar-refractivity contribution in [3.05, 3.63) is 70.8 Å². The van der Waals surface area contributed by atoms with Gasteiger partial charge in [0.1, 0.15) is 5.75 Å². The van der Waals surface area contributed by atoms with Gasteiger partial charge < -0.3 is 9.15 Å². The molecule has 2 aromatic carbocycles. The smallest absolute Gasteiger partial charge is 0.497 e. The molecular weight excluding hydrogens is 254 g/mol. The van der Waals surface area contributed by atoms with Gasteiger partial charge in [-0.15, -0.1) is 4.57 Å². The topological polar surface area (TPSA) is 43.3 Å². The zero-order chi connectivity index (χ0) is 13.9. The molecule has 3 aromatic rings. The van der Waals surface area contributed by atoms with E-state index in [0.29, 0.717) is 12.1 Å². The second kappa shape index (κ2) is 5.17. The van der Waals surface area contributed by atoms with Gasteiger partial charge in [-0.25, -0.2) is 0 Å². The fraction of sp³-hybridized carbons (Fsp3) is 0.125. The summed E-state index contributed by atoms with van der Waals surface area (Å²) >= 11 is 0. The summed E-state index contributed by atoms with van der Waals surface area (Å²) in [6, 6.07) is 15.1. The number of hydrogen-bond donors (Lipinski definition) is 0. The maximum Gasteiger partial charge on any atom is 0.602 e. The molecule has 0 radical (unpaired) electrons. The molecule has 0 aliphatic heterocycles. The molecule has 1 aromatic heterocycles. The van der Waals surface area contributed by atoms with E-state index in [1.165, 1.54) is 0 Å². The molecule has 0 aliphatic rings. The third-order valence-corrected chi connectivity index (χ3v) is 3.14. The maximum atomic E-state index is 12.0. The Balaban J connectivity index is 2.06. The van der Waals surface area contributed by atoms with Gasteiger partial charge in [0, 0.05) is 5.56 Å². The Bertz CT molecular complexity index is 794. The summed E-state index contributed by atoms with van der Waals surface area (Å²) in [5.74, 6) is 0.365. The van der Waals surface area contributed by atoms with Crippen LogP contribution < -0.4 is 15.1 Å². The lowest BCUT2D eigenvalue weighted by atomic mass is 10.2. The predicted molar refractivity (Wildman–Crippen MR) is 74.8 cm³/mol. The monoisotopic (exact) mass is 268 g/mol. The number of rotatable bonds is 3. The Morgan fingerprint density at radius 1 is 1.15 bits per heavy atom. The second-order valence-corrected chi connectivity index (χ2v) is 4.51. The van der Waals surface area contributed by atoms with Crippen molar-refractivity contribution >= 4 is 11.0 Å². The van der Waals surface area contributed by atoms with Gasteiger partial charge in [0.05, 0.1) is 12.5 Å². The van der Waals surface area contributed by atoms with Gasteiger partial charge in [0.2, 0.25) is 0 Å². The van der Waals surface area contributed by atoms with Crippen LogP contribution in [0, 0.1) is 0 Å². The summed E-state index contributed by atoms with van der Waals surface area (Å²) in [6.45, 7) is 0.482. The minimum atomic E-state index is -0.369. The number of ether oxygens (including phenoxy) is 1. The molecule has 0 N–H and O–H groups in total. The van der Waals surface area contributed by atoms with Crippen LogP contribution in [0.4, 0.5) is 0 Å². The molecule has 3 rings (SSSR count). The van der Waals surface area contributed by atoms with Crippen LogP contribution in [0.1, 0.15) is 5.56 Å². The Kier molecular flexibility index (Phi) is 3.21. The molecule has 0 aliphatic carbocycles. The third kappa shape index (κ3) is 2.40. The number of nitrogens with zero attached hydrogens (tertiary/aromatic N) is 1. The quantitative estimate of drug-likeness (QED) is 0.683. The average molecular weight is 268 g/mol. The van der Waals surface area contributed by atoms with Crippen LogP contribution in [0.5, 0.6) is 5.75 Å². The van der Waals surface area contributed by atoms with E-state index in [2.05, 4.69) is 0 Å². The Hall–Kier alpha value is -2.62. The average Bonchev–Trinajstić information content (AvgIpc) is 2.48. The van der Waals surface area contributed by atoms with Gasteiger partial charge in [-0.2, -0.15) is 4.79 Å². The van der Waals surface area contributed by atoms with Crippen molar-refractivity contribution in [3.63, 3.8) is 0 Å². The van der Waals surface area contributed by atoms with E-state index in [0.717, 1.165) is 16.7 Å². The van der Waals surface area contributed by atoms with E-state index in [-0.39, 0.29) is 5.76 Å². The van der Waals surface area contributed by atoms with Crippen LogP contribution in [0.15, 0.2) is 63.9 Å². The van der Waals surface area contributed by atoms with Crippen LogP contribution in [0.3, 0.4) is 0 Å². The normalized spacial score (nSPS) is 10.7. The molecule has 0 spiro atoms. The van der Waals surface area contributed by atoms with Gasteiger partial charge in [-0.05, 0) is 18.2 Å². The summed E-state index contributed by atoms with van der Waals surface area (Å²) in [5, 5.41) is 0.833. The van der Waals surface area contributed by atoms with E-state index in [1.54, 1.807) is 30.0 Å². The highest BCUT2D eigenvalue weighted by Gasteiger charge is 2.13. The van der Waals surface area contributed by atoms with E-state index < -0.39 is 0 Å². The SMILES string of the molecule is COc1ccc2oc(=O)[n+](Cc3ccccc3)cc2c1. The Morgan fingerprint density at radius 3 is 2.70 bits per heavy atom. The predicted octanol–water partition coefficient (Wildman–Crippen LogP) is 2.14. The lowest BCUT2D eigenvalue weighted by Gasteiger charge is -2.01. The van der Waals surface area contributed by atoms with Gasteiger partial charge in [-0.3, -0.25) is 0 Å². The number of fused-ring (bicyclic) bond motifs is 1. The minimum absolute atomic E-state index is 0.369. The van der Waals surface area contributed by atoms with E-state index in [4.69, 9.17) is 9.15 Å². The fourth-order valence-corrected chi connectivity index (χ4v) is 2.11. The highest BCUT2D eigenvalue weighted by Crippen LogP contribution is 2.18. The molecule has 0 bridgehead atoms. The zero-order valence-electron chi connectivity index (χ0n) is 11.1. The van der Waals surface area contributed by atoms with E-state index in [9.17, 15) is 4.79 Å². The molecule has 20 heavy (non-hydrogen) atoms. The lowest BCUT2D eigenvalue weighted by molar-refractivity contribution is -0.712. The molecular formula is C16H14NO3+. The van der Waals surface area contributed by atoms with Crippen molar-refractivity contribution in [2.75, 3.05) is 7.11 Å². The molecule has 4 heteroatoms. The van der Waals surface area contributed by atoms with Crippen LogP contribution >= 0.6 is 0 Å². The number of hydrogen-bond acceptors (Lipinski definition) is 3. The van der Waals surface area contributed by atoms with Crippen molar-refractivity contribution in [1.29, 1.82) is 0 Å². The van der Waals surface area contributed by atoms with E-state index in [1.807, 2.05) is 36.4 Å². The standard InChI is InChI=1S/C16H14NO3/c1-19-14-7-8-15-13(9-14)11-17(16(18)20-15)10-12-5-3-2-4-6-12/h2-9,11H,10H2,1H3/q+1. The van der Waals surface area contributed by atoms with Gasteiger partial charge in [0.15, 0.2) is 18.3 Å². The Labute approximate surface area is 115 Å². The zero-order valence-corrected chi connectivity index (χ0v) is 11.1. The second-order valence-electron chi connectivity index (χ2n) is 4.51. The first-order chi connectivity index (χ1) is 9.76. The summed E-state index contributed by atoms with van der Waals surface area (Å²) < 4.78 is 12.1. The van der Waals surface area contributed by atoms with Crippen LogP contribution in [-0.4, -0.2) is 7.11 Å². The molecule has 4 nitrogen and oxygen atoms in total. The van der Waals surface area contributed by atoms with Crippen LogP contribution in [0.25, 0.3) is 11.0 Å². The molecule has 0 unspecified atom stereocenters. The Morgan fingerprint density at radius 2 is 1.95 bits per heavy atom. The first-order valence-corrected chi connectivity index (χ1v) is 6.31. The number of aromatic nitrogens is 1. The third-order valence-electron chi connectivity index (χ3n) is 3.14. The van der Waals surface area contributed by atoms with Gasteiger partial charge >= 0.3 is 5.76 Å². The molecule has 0 amide bonds. The number of methoxy groups -OCH3 is 1. The summed E-state index contributed by atoms with van der Waals surface area (Å²) in [6.07, 6.45) is 1.79.